The maximum Gasteiger partial charge on any atom is 0.187 e. The number of fused-ring (bicyclic) bond motifs is 13. The van der Waals surface area contributed by atoms with Gasteiger partial charge in [0, 0.05) is 44.3 Å². The first-order valence-corrected chi connectivity index (χ1v) is 17.9. The van der Waals surface area contributed by atoms with Gasteiger partial charge in [-0.2, -0.15) is 0 Å². The second-order valence-electron chi connectivity index (χ2n) is 13.9. The van der Waals surface area contributed by atoms with Gasteiger partial charge in [-0.3, -0.25) is 4.98 Å². The highest BCUT2D eigenvalue weighted by Crippen LogP contribution is 2.56. The minimum atomic E-state index is -0.187. The molecule has 5 nitrogen and oxygen atoms in total. The van der Waals surface area contributed by atoms with Crippen LogP contribution in [0.2, 0.25) is 0 Å². The van der Waals surface area contributed by atoms with Gasteiger partial charge in [-0.1, -0.05) is 97.1 Å². The molecule has 0 radical (unpaired) electrons. The smallest absolute Gasteiger partial charge is 0.187 e. The van der Waals surface area contributed by atoms with E-state index in [-0.39, 0.29) is 12.1 Å². The molecule has 0 aliphatic carbocycles. The van der Waals surface area contributed by atoms with Crippen LogP contribution in [0.4, 0.5) is 11.4 Å². The summed E-state index contributed by atoms with van der Waals surface area (Å²) in [5, 5.41) is 3.69. The van der Waals surface area contributed by atoms with Gasteiger partial charge in [0.1, 0.15) is 5.75 Å². The number of aromatic nitrogens is 3. The lowest BCUT2D eigenvalue weighted by Crippen LogP contribution is -2.32. The van der Waals surface area contributed by atoms with Gasteiger partial charge in [-0.15, -0.1) is 0 Å². The first-order valence-electron chi connectivity index (χ1n) is 17.9. The van der Waals surface area contributed by atoms with E-state index < -0.39 is 0 Å². The molecule has 244 valence electrons. The highest BCUT2D eigenvalue weighted by molar-refractivity contribution is 6.12. The molecule has 0 bridgehead atoms. The van der Waals surface area contributed by atoms with Gasteiger partial charge in [-0.05, 0) is 77.9 Å². The number of ether oxygens (including phenoxy) is 1. The number of para-hydroxylation sites is 6. The maximum absolute atomic E-state index is 6.85. The standard InChI is InChI=1S/C47H30N4O/c1-2-12-30(13-3-1)49-38-18-8-4-14-32(38)35-26-42-36(27-41(35)49)46-34-16-6-11-21-44(34)52-47(46)50(42)31-24-22-29(23-25-31)45-33-15-5-9-19-39(33)51-40-20-10-7-17-37(40)48-28-43(45)51/h1-28,46-47H. The van der Waals surface area contributed by atoms with E-state index in [1.165, 1.54) is 55.1 Å². The van der Waals surface area contributed by atoms with E-state index in [0.29, 0.717) is 0 Å². The SMILES string of the molecule is c1ccc(-n2c3ccccc3c3cc4c(cc32)C2c3ccccc3OC2N4c2ccc(-c3c4ccccc4n4c3cnc3ccccc34)cc2)cc1. The predicted octanol–water partition coefficient (Wildman–Crippen LogP) is 11.4. The second-order valence-corrected chi connectivity index (χ2v) is 13.9. The molecule has 2 aliphatic rings. The van der Waals surface area contributed by atoms with Crippen LogP contribution in [0.15, 0.2) is 170 Å². The average Bonchev–Trinajstić information content (AvgIpc) is 3.93. The number of nitrogens with zero attached hydrogens (tertiary/aromatic N) is 4. The summed E-state index contributed by atoms with van der Waals surface area (Å²) >= 11 is 0. The Morgan fingerprint density at radius 1 is 0.500 bits per heavy atom. The summed E-state index contributed by atoms with van der Waals surface area (Å²) in [6, 6.07) is 58.9. The zero-order valence-corrected chi connectivity index (χ0v) is 28.0. The summed E-state index contributed by atoms with van der Waals surface area (Å²) < 4.78 is 11.6. The van der Waals surface area contributed by atoms with E-state index in [2.05, 4.69) is 172 Å². The molecule has 0 saturated heterocycles. The lowest BCUT2D eigenvalue weighted by molar-refractivity contribution is 0.234. The molecule has 0 saturated carbocycles. The average molecular weight is 667 g/mol. The molecule has 3 aromatic heterocycles. The Labute approximate surface area is 299 Å². The van der Waals surface area contributed by atoms with Crippen molar-refractivity contribution in [1.82, 2.24) is 14.0 Å². The third-order valence-electron chi connectivity index (χ3n) is 11.3. The van der Waals surface area contributed by atoms with Gasteiger partial charge in [0.25, 0.3) is 0 Å². The van der Waals surface area contributed by atoms with Gasteiger partial charge in [0.05, 0.1) is 45.2 Å². The van der Waals surface area contributed by atoms with Crippen molar-refractivity contribution in [3.8, 4) is 22.6 Å². The van der Waals surface area contributed by atoms with Crippen LogP contribution in [0.1, 0.15) is 17.0 Å². The quantitative estimate of drug-likeness (QED) is 0.188. The molecular formula is C47H30N4O. The van der Waals surface area contributed by atoms with E-state index >= 15 is 0 Å². The largest absolute Gasteiger partial charge is 0.469 e. The minimum Gasteiger partial charge on any atom is -0.469 e. The van der Waals surface area contributed by atoms with Crippen molar-refractivity contribution in [2.75, 3.05) is 4.90 Å². The molecular weight excluding hydrogens is 637 g/mol. The lowest BCUT2D eigenvalue weighted by atomic mass is 9.92. The summed E-state index contributed by atoms with van der Waals surface area (Å²) in [7, 11) is 0. The molecule has 7 aromatic carbocycles. The third kappa shape index (κ3) is 3.69. The van der Waals surface area contributed by atoms with Crippen LogP contribution >= 0.6 is 0 Å². The molecule has 0 spiro atoms. The monoisotopic (exact) mass is 666 g/mol. The Morgan fingerprint density at radius 2 is 1.21 bits per heavy atom. The minimum absolute atomic E-state index is 0.0798. The molecule has 0 N–H and O–H groups in total. The topological polar surface area (TPSA) is 34.7 Å². The van der Waals surface area contributed by atoms with Gasteiger partial charge < -0.3 is 18.6 Å². The lowest BCUT2D eigenvalue weighted by Gasteiger charge is -2.27. The molecule has 5 heterocycles. The van der Waals surface area contributed by atoms with E-state index in [1.807, 2.05) is 12.3 Å². The third-order valence-corrected chi connectivity index (χ3v) is 11.3. The van der Waals surface area contributed by atoms with Crippen molar-refractivity contribution >= 4 is 60.6 Å². The van der Waals surface area contributed by atoms with E-state index in [4.69, 9.17) is 9.72 Å². The van der Waals surface area contributed by atoms with Gasteiger partial charge in [0.2, 0.25) is 0 Å². The summed E-state index contributed by atoms with van der Waals surface area (Å²) in [6.07, 6.45) is 1.83. The molecule has 2 atom stereocenters. The molecule has 12 rings (SSSR count). The summed E-state index contributed by atoms with van der Waals surface area (Å²) in [5.41, 5.74) is 15.1. The second kappa shape index (κ2) is 10.3. The van der Waals surface area contributed by atoms with E-state index in [1.54, 1.807) is 0 Å². The van der Waals surface area contributed by atoms with Gasteiger partial charge in [0.15, 0.2) is 6.23 Å². The molecule has 2 unspecified atom stereocenters. The van der Waals surface area contributed by atoms with Crippen molar-refractivity contribution in [3.63, 3.8) is 0 Å². The van der Waals surface area contributed by atoms with Crippen molar-refractivity contribution < 1.29 is 4.74 Å². The first-order chi connectivity index (χ1) is 25.8. The zero-order valence-electron chi connectivity index (χ0n) is 28.0. The highest BCUT2D eigenvalue weighted by Gasteiger charge is 2.47. The van der Waals surface area contributed by atoms with E-state index in [9.17, 15) is 0 Å². The Balaban J connectivity index is 1.06. The fourth-order valence-electron chi connectivity index (χ4n) is 9.10. The highest BCUT2D eigenvalue weighted by atomic mass is 16.5. The summed E-state index contributed by atoms with van der Waals surface area (Å²) in [4.78, 5) is 7.29. The Morgan fingerprint density at radius 3 is 2.08 bits per heavy atom. The summed E-state index contributed by atoms with van der Waals surface area (Å²) in [6.45, 7) is 0. The van der Waals surface area contributed by atoms with Crippen molar-refractivity contribution in [2.24, 2.45) is 0 Å². The van der Waals surface area contributed by atoms with Crippen LogP contribution in [0.3, 0.4) is 0 Å². The molecule has 52 heavy (non-hydrogen) atoms. The van der Waals surface area contributed by atoms with Gasteiger partial charge >= 0.3 is 0 Å². The maximum atomic E-state index is 6.85. The molecule has 0 amide bonds. The number of hydrogen-bond donors (Lipinski definition) is 0. The normalized spacial score (nSPS) is 16.2. The number of benzene rings is 7. The zero-order chi connectivity index (χ0) is 33.9. The molecule has 10 aromatic rings. The number of rotatable bonds is 3. The fourth-order valence-corrected chi connectivity index (χ4v) is 9.10. The van der Waals surface area contributed by atoms with E-state index in [0.717, 1.165) is 39.2 Å². The molecule has 2 aliphatic heterocycles. The molecule has 0 fully saturated rings. The van der Waals surface area contributed by atoms with Crippen molar-refractivity contribution in [3.05, 3.63) is 181 Å². The van der Waals surface area contributed by atoms with Gasteiger partial charge in [-0.25, -0.2) is 0 Å². The number of hydrogen-bond acceptors (Lipinski definition) is 3. The van der Waals surface area contributed by atoms with Crippen molar-refractivity contribution in [1.29, 1.82) is 0 Å². The molecule has 5 heteroatoms. The Bertz CT molecular complexity index is 3070. The number of anilines is 2. The van der Waals surface area contributed by atoms with Crippen LogP contribution in [-0.2, 0) is 0 Å². The predicted molar refractivity (Wildman–Crippen MR) is 211 cm³/mol. The van der Waals surface area contributed by atoms with Crippen LogP contribution < -0.4 is 9.64 Å². The van der Waals surface area contributed by atoms with Crippen molar-refractivity contribution in [2.45, 2.75) is 12.1 Å². The van der Waals surface area contributed by atoms with Crippen LogP contribution in [-0.4, -0.2) is 20.2 Å². The van der Waals surface area contributed by atoms with Crippen LogP contribution in [0.5, 0.6) is 5.75 Å². The van der Waals surface area contributed by atoms with Crippen LogP contribution in [0.25, 0.3) is 66.1 Å². The first kappa shape index (κ1) is 27.9. The Hall–Kier alpha value is -6.85. The fraction of sp³-hybridized carbons (Fsp3) is 0.0426. The van der Waals surface area contributed by atoms with Crippen LogP contribution in [0, 0.1) is 0 Å². The Kier molecular flexibility index (Phi) is 5.55. The summed E-state index contributed by atoms with van der Waals surface area (Å²) in [5.74, 6) is 1.04.